The number of carbonyl (C=O) groups is 4. The summed E-state index contributed by atoms with van der Waals surface area (Å²) in [4.78, 5) is 67.0. The van der Waals surface area contributed by atoms with Crippen LogP contribution in [0.4, 0.5) is 13.6 Å². The third-order valence-electron chi connectivity index (χ3n) is 12.3. The van der Waals surface area contributed by atoms with Gasteiger partial charge in [0.25, 0.3) is 5.91 Å². The molecule has 316 valence electrons. The molecule has 1 aromatic carbocycles. The summed E-state index contributed by atoms with van der Waals surface area (Å²) < 4.78 is 68.2. The number of alkyl carbamates (subject to hydrolysis) is 1. The predicted molar refractivity (Wildman–Crippen MR) is 209 cm³/mol. The number of fused-ring (bicyclic) bond motifs is 5. The van der Waals surface area contributed by atoms with Gasteiger partial charge >= 0.3 is 6.09 Å². The van der Waals surface area contributed by atoms with Gasteiger partial charge in [-0.1, -0.05) is 51.3 Å². The van der Waals surface area contributed by atoms with Crippen LogP contribution in [0.3, 0.4) is 0 Å². The first-order chi connectivity index (χ1) is 27.4. The first-order valence-electron chi connectivity index (χ1n) is 20.1. The van der Waals surface area contributed by atoms with Crippen LogP contribution >= 0.6 is 11.6 Å². The molecule has 0 radical (unpaired) electrons. The van der Waals surface area contributed by atoms with Crippen molar-refractivity contribution < 1.29 is 45.9 Å². The van der Waals surface area contributed by atoms with Gasteiger partial charge in [0.2, 0.25) is 34.1 Å². The van der Waals surface area contributed by atoms with E-state index in [1.54, 1.807) is 39.0 Å². The van der Waals surface area contributed by atoms with E-state index in [2.05, 4.69) is 17.2 Å². The summed E-state index contributed by atoms with van der Waals surface area (Å²) in [6.45, 7) is 9.06. The number of carbonyl (C=O) groups excluding carboxylic acids is 4. The Morgan fingerprint density at radius 3 is 2.50 bits per heavy atom. The van der Waals surface area contributed by atoms with Crippen molar-refractivity contribution >= 4 is 56.5 Å². The van der Waals surface area contributed by atoms with Crippen LogP contribution in [0.2, 0.25) is 5.02 Å². The number of halogens is 3. The SMILES string of the molecule is C=C[C@H]1CC[C@H]2OC(=O)N[C@@H](C(C)(C)C)C(=O)N3C[C@@H](C[C@H]3C(=O)N[C@]3(C(=O)NS(=O)(=O)C4CC4)C[C@H]3C(F)F)Oc3nc4cc(Cl)ccc4nc3CCCCC[C@H]12. The summed E-state index contributed by atoms with van der Waals surface area (Å²) in [5, 5.41) is 4.83. The molecule has 3 saturated carbocycles. The number of ether oxygens (including phenoxy) is 2. The highest BCUT2D eigenvalue weighted by atomic mass is 35.5. The van der Waals surface area contributed by atoms with Crippen LogP contribution in [0, 0.1) is 23.2 Å². The highest BCUT2D eigenvalue weighted by Crippen LogP contribution is 2.48. The third kappa shape index (κ3) is 8.75. The van der Waals surface area contributed by atoms with Crippen molar-refractivity contribution in [3.8, 4) is 5.88 Å². The van der Waals surface area contributed by atoms with Crippen molar-refractivity contribution in [1.82, 2.24) is 30.2 Å². The molecular formula is C40H51ClF2N6O8S. The van der Waals surface area contributed by atoms with Crippen LogP contribution in [0.1, 0.15) is 90.7 Å². The fraction of sp³-hybridized carbons (Fsp3) is 0.650. The van der Waals surface area contributed by atoms with Crippen LogP contribution in [0.5, 0.6) is 5.88 Å². The van der Waals surface area contributed by atoms with Crippen LogP contribution < -0.4 is 20.1 Å². The second-order valence-electron chi connectivity index (χ2n) is 17.5. The molecule has 2 bridgehead atoms. The van der Waals surface area contributed by atoms with Crippen LogP contribution in [0.15, 0.2) is 30.9 Å². The number of rotatable bonds is 7. The molecule has 7 rings (SSSR count). The van der Waals surface area contributed by atoms with Crippen molar-refractivity contribution in [1.29, 1.82) is 0 Å². The fourth-order valence-corrected chi connectivity index (χ4v) is 10.3. The summed E-state index contributed by atoms with van der Waals surface area (Å²) >= 11 is 6.30. The molecule has 3 aliphatic carbocycles. The molecule has 2 aromatic rings. The van der Waals surface area contributed by atoms with Crippen molar-refractivity contribution in [3.63, 3.8) is 0 Å². The molecular weight excluding hydrogens is 798 g/mol. The number of alkyl halides is 2. The van der Waals surface area contributed by atoms with E-state index >= 15 is 0 Å². The van der Waals surface area contributed by atoms with Gasteiger partial charge in [0, 0.05) is 17.4 Å². The van der Waals surface area contributed by atoms with Crippen molar-refractivity contribution in [2.45, 2.75) is 133 Å². The number of allylic oxidation sites excluding steroid dienone is 1. The molecule has 4 fully saturated rings. The highest BCUT2D eigenvalue weighted by molar-refractivity contribution is 7.91. The molecule has 2 aliphatic heterocycles. The van der Waals surface area contributed by atoms with Gasteiger partial charge in [-0.3, -0.25) is 19.1 Å². The third-order valence-corrected chi connectivity index (χ3v) is 14.3. The predicted octanol–water partition coefficient (Wildman–Crippen LogP) is 5.22. The van der Waals surface area contributed by atoms with Gasteiger partial charge in [-0.05, 0) is 80.9 Å². The van der Waals surface area contributed by atoms with E-state index in [1.165, 1.54) is 4.90 Å². The van der Waals surface area contributed by atoms with Gasteiger partial charge in [-0.15, -0.1) is 6.58 Å². The Bertz CT molecular complexity index is 2080. The lowest BCUT2D eigenvalue weighted by molar-refractivity contribution is -0.143. The van der Waals surface area contributed by atoms with Crippen molar-refractivity contribution in [2.75, 3.05) is 6.54 Å². The standard InChI is InChI=1S/C40H51ClF2N6O8S/c1-5-21-11-16-31-25(21)9-7-6-8-10-28-35(45-29-17-22(41)12-15-27(29)44-28)56-23-18-30(49(20-23)36(51)32(39(2,3)4)46-38(53)57-31)34(50)47-40(19-26(40)33(42)43)37(52)48-58(54,55)24-13-14-24/h5,12,15,17,21,23-26,30-33H,1,6-11,13-14,16,18-20H2,2-4H3,(H,46,53)(H,47,50)(H,48,52)/t21-,23+,25+,26-,30-,31+,32+,40+/m0/s1. The average Bonchev–Trinajstić information content (AvgIpc) is 4.06. The monoisotopic (exact) mass is 848 g/mol. The number of amides is 4. The number of aryl methyl sites for hydroxylation is 1. The zero-order chi connectivity index (χ0) is 41.7. The smallest absolute Gasteiger partial charge is 0.408 e. The minimum atomic E-state index is -4.14. The maximum Gasteiger partial charge on any atom is 0.408 e. The zero-order valence-corrected chi connectivity index (χ0v) is 34.4. The molecule has 4 amide bonds. The molecule has 1 saturated heterocycles. The fourth-order valence-electron chi connectivity index (χ4n) is 8.73. The van der Waals surface area contributed by atoms with Crippen molar-refractivity contribution in [2.24, 2.45) is 23.2 Å². The molecule has 14 nitrogen and oxygen atoms in total. The highest BCUT2D eigenvalue weighted by Gasteiger charge is 2.67. The number of nitrogens with zero attached hydrogens (tertiary/aromatic N) is 3. The number of hydrogen-bond acceptors (Lipinski definition) is 10. The first kappa shape index (κ1) is 42.0. The molecule has 5 aliphatic rings. The lowest BCUT2D eigenvalue weighted by atomic mass is 9.85. The number of nitrogens with one attached hydrogen (secondary N) is 3. The number of benzene rings is 1. The average molecular weight is 849 g/mol. The van der Waals surface area contributed by atoms with Gasteiger partial charge in [0.1, 0.15) is 35.5 Å². The Morgan fingerprint density at radius 2 is 1.83 bits per heavy atom. The number of aromatic nitrogens is 2. The van der Waals surface area contributed by atoms with Crippen LogP contribution in [0.25, 0.3) is 11.0 Å². The summed E-state index contributed by atoms with van der Waals surface area (Å²) in [5.41, 5.74) is -1.51. The summed E-state index contributed by atoms with van der Waals surface area (Å²) in [5.74, 6) is -4.17. The Kier molecular flexibility index (Phi) is 11.7. The molecule has 1 aromatic heterocycles. The minimum Gasteiger partial charge on any atom is -0.471 e. The lowest BCUT2D eigenvalue weighted by Crippen LogP contribution is -2.60. The molecule has 8 atom stereocenters. The normalized spacial score (nSPS) is 30.9. The summed E-state index contributed by atoms with van der Waals surface area (Å²) in [6.07, 6.45) is 1.94. The zero-order valence-electron chi connectivity index (χ0n) is 32.8. The maximum atomic E-state index is 14.7. The molecule has 0 spiro atoms. The Labute approximate surface area is 341 Å². The van der Waals surface area contributed by atoms with Gasteiger partial charge in [0.05, 0.1) is 28.7 Å². The van der Waals surface area contributed by atoms with Gasteiger partial charge < -0.3 is 25.0 Å². The molecule has 58 heavy (non-hydrogen) atoms. The molecule has 18 heteroatoms. The van der Waals surface area contributed by atoms with E-state index in [-0.39, 0.29) is 30.7 Å². The number of hydrogen-bond donors (Lipinski definition) is 3. The van der Waals surface area contributed by atoms with E-state index in [1.807, 2.05) is 10.8 Å². The van der Waals surface area contributed by atoms with Crippen LogP contribution in [-0.4, -0.2) is 95.2 Å². The van der Waals surface area contributed by atoms with E-state index in [4.69, 9.17) is 31.0 Å². The second-order valence-corrected chi connectivity index (χ2v) is 19.9. The Morgan fingerprint density at radius 1 is 1.07 bits per heavy atom. The lowest BCUT2D eigenvalue weighted by Gasteiger charge is -2.35. The summed E-state index contributed by atoms with van der Waals surface area (Å²) in [7, 11) is -4.14. The van der Waals surface area contributed by atoms with E-state index in [0.717, 1.165) is 32.1 Å². The summed E-state index contributed by atoms with van der Waals surface area (Å²) in [6, 6.07) is 2.51. The van der Waals surface area contributed by atoms with E-state index in [0.29, 0.717) is 47.4 Å². The van der Waals surface area contributed by atoms with Crippen molar-refractivity contribution in [3.05, 3.63) is 41.6 Å². The number of sulfonamides is 1. The Balaban J connectivity index is 1.23. The molecule has 3 heterocycles. The van der Waals surface area contributed by atoms with Gasteiger partial charge in [-0.2, -0.15) is 0 Å². The first-order valence-corrected chi connectivity index (χ1v) is 22.0. The molecule has 0 unspecified atom stereocenters. The maximum absolute atomic E-state index is 14.7. The van der Waals surface area contributed by atoms with Gasteiger partial charge in [-0.25, -0.2) is 32.0 Å². The van der Waals surface area contributed by atoms with Gasteiger partial charge in [0.15, 0.2) is 0 Å². The largest absolute Gasteiger partial charge is 0.471 e. The molecule has 3 N–H and O–H groups in total. The quantitative estimate of drug-likeness (QED) is 0.312. The minimum absolute atomic E-state index is 0.0331. The Hall–Kier alpha value is -4.12. The van der Waals surface area contributed by atoms with E-state index < -0.39 is 93.1 Å². The van der Waals surface area contributed by atoms with E-state index in [9.17, 15) is 36.4 Å². The second kappa shape index (κ2) is 16.1. The topological polar surface area (TPSA) is 186 Å². The van der Waals surface area contributed by atoms with Crippen LogP contribution in [-0.2, 0) is 35.6 Å².